The highest BCUT2D eigenvalue weighted by Crippen LogP contribution is 2.29. The normalized spacial score (nSPS) is 14.9. The van der Waals surface area contributed by atoms with E-state index in [1.165, 1.54) is 10.5 Å². The van der Waals surface area contributed by atoms with Crippen LogP contribution in [0.2, 0.25) is 5.02 Å². The van der Waals surface area contributed by atoms with E-state index in [0.717, 1.165) is 5.56 Å². The Kier molecular flexibility index (Phi) is 4.16. The van der Waals surface area contributed by atoms with Crippen LogP contribution in [-0.2, 0) is 6.54 Å². The molecule has 1 N–H and O–H groups in total. The number of fused-ring (bicyclic) bond motifs is 2. The first-order valence-corrected chi connectivity index (χ1v) is 8.48. The number of ether oxygens (including phenoxy) is 1. The van der Waals surface area contributed by atoms with Gasteiger partial charge in [0, 0.05) is 36.4 Å². The van der Waals surface area contributed by atoms with Gasteiger partial charge in [-0.15, -0.1) is 0 Å². The first-order valence-electron chi connectivity index (χ1n) is 8.10. The van der Waals surface area contributed by atoms with Crippen LogP contribution in [0.15, 0.2) is 36.7 Å². The molecule has 0 unspecified atom stereocenters. The molecular weight excluding hydrogens is 359 g/mol. The Labute approximate surface area is 154 Å². The van der Waals surface area contributed by atoms with Crippen molar-refractivity contribution in [1.82, 2.24) is 14.7 Å². The average molecular weight is 375 g/mol. The highest BCUT2D eigenvalue weighted by molar-refractivity contribution is 6.31. The van der Waals surface area contributed by atoms with E-state index in [1.807, 2.05) is 24.1 Å². The molecule has 0 fully saturated rings. The fourth-order valence-corrected chi connectivity index (χ4v) is 3.21. The molecular formula is C18H16ClFN4O2. The lowest BCUT2D eigenvalue weighted by molar-refractivity contribution is 0.0937. The zero-order chi connectivity index (χ0) is 18.3. The summed E-state index contributed by atoms with van der Waals surface area (Å²) >= 11 is 6.36. The predicted octanol–water partition coefficient (Wildman–Crippen LogP) is 2.89. The van der Waals surface area contributed by atoms with Crippen LogP contribution in [0.3, 0.4) is 0 Å². The molecule has 1 amide bonds. The molecule has 1 aliphatic rings. The highest BCUT2D eigenvalue weighted by Gasteiger charge is 2.20. The van der Waals surface area contributed by atoms with Crippen LogP contribution in [-0.4, -0.2) is 35.5 Å². The standard InChI is InChI=1S/C18H16ClFN4O2/c1-23-10-12-13(19)3-2-4-15(12)26-6-5-21-18(25)17-14(20)7-16-22-8-11(23)9-24(16)17/h2-4,7-9H,5-6,10H2,1H3,(H,21,25). The molecule has 0 saturated heterocycles. The fraction of sp³-hybridized carbons (Fsp3) is 0.222. The molecule has 2 bridgehead atoms. The molecule has 1 aliphatic heterocycles. The Hall–Kier alpha value is -2.80. The minimum absolute atomic E-state index is 0.0717. The van der Waals surface area contributed by atoms with Gasteiger partial charge in [-0.1, -0.05) is 17.7 Å². The maximum atomic E-state index is 14.3. The van der Waals surface area contributed by atoms with E-state index in [4.69, 9.17) is 16.3 Å². The van der Waals surface area contributed by atoms with E-state index in [-0.39, 0.29) is 18.8 Å². The summed E-state index contributed by atoms with van der Waals surface area (Å²) < 4.78 is 21.5. The summed E-state index contributed by atoms with van der Waals surface area (Å²) in [7, 11) is 1.87. The third kappa shape index (κ3) is 2.84. The van der Waals surface area contributed by atoms with E-state index >= 15 is 0 Å². The van der Waals surface area contributed by atoms with Crippen molar-refractivity contribution < 1.29 is 13.9 Å². The monoisotopic (exact) mass is 374 g/mol. The van der Waals surface area contributed by atoms with Crippen LogP contribution >= 0.6 is 11.6 Å². The number of nitrogens with one attached hydrogen (secondary N) is 1. The van der Waals surface area contributed by atoms with Gasteiger partial charge in [0.15, 0.2) is 5.82 Å². The molecule has 0 radical (unpaired) electrons. The molecule has 3 heterocycles. The molecule has 3 aromatic rings. The summed E-state index contributed by atoms with van der Waals surface area (Å²) in [5.41, 5.74) is 1.85. The largest absolute Gasteiger partial charge is 0.491 e. The molecule has 2 aromatic heterocycles. The van der Waals surface area contributed by atoms with Crippen LogP contribution in [0.25, 0.3) is 5.65 Å². The van der Waals surface area contributed by atoms with Gasteiger partial charge >= 0.3 is 0 Å². The number of amides is 1. The lowest BCUT2D eigenvalue weighted by Crippen LogP contribution is -2.29. The second-order valence-electron chi connectivity index (χ2n) is 6.06. The highest BCUT2D eigenvalue weighted by atomic mass is 35.5. The number of nitrogens with zero attached hydrogens (tertiary/aromatic N) is 3. The number of halogens is 2. The Balaban J connectivity index is 1.84. The SMILES string of the molecule is CN1Cc2c(Cl)cccc2OCCNC(=O)c2c(F)cc3ncc1cn23. The van der Waals surface area contributed by atoms with E-state index in [0.29, 0.717) is 28.7 Å². The summed E-state index contributed by atoms with van der Waals surface area (Å²) in [4.78, 5) is 18.6. The number of benzene rings is 1. The zero-order valence-electron chi connectivity index (χ0n) is 14.0. The van der Waals surface area contributed by atoms with Crippen molar-refractivity contribution in [3.8, 4) is 5.75 Å². The summed E-state index contributed by atoms with van der Waals surface area (Å²) in [5, 5.41) is 3.27. The van der Waals surface area contributed by atoms with Crippen molar-refractivity contribution in [3.63, 3.8) is 0 Å². The molecule has 0 atom stereocenters. The second kappa shape index (κ2) is 6.49. The maximum absolute atomic E-state index is 14.3. The Bertz CT molecular complexity index is 1000. The summed E-state index contributed by atoms with van der Waals surface area (Å²) in [5.74, 6) is -0.479. The van der Waals surface area contributed by atoms with Crippen molar-refractivity contribution in [3.05, 3.63) is 58.8 Å². The smallest absolute Gasteiger partial charge is 0.271 e. The first kappa shape index (κ1) is 16.7. The van der Waals surface area contributed by atoms with Gasteiger partial charge in [0.05, 0.1) is 18.4 Å². The van der Waals surface area contributed by atoms with Crippen LogP contribution in [0.4, 0.5) is 10.1 Å². The van der Waals surface area contributed by atoms with Gasteiger partial charge in [-0.2, -0.15) is 0 Å². The Morgan fingerprint density at radius 3 is 3.08 bits per heavy atom. The predicted molar refractivity (Wildman–Crippen MR) is 96.5 cm³/mol. The van der Waals surface area contributed by atoms with Crippen LogP contribution < -0.4 is 15.0 Å². The number of carbonyl (C=O) groups excluding carboxylic acids is 1. The summed E-state index contributed by atoms with van der Waals surface area (Å²) in [6, 6.07) is 6.69. The quantitative estimate of drug-likeness (QED) is 0.657. The van der Waals surface area contributed by atoms with Gasteiger partial charge < -0.3 is 15.0 Å². The summed E-state index contributed by atoms with van der Waals surface area (Å²) in [6.45, 7) is 0.956. The van der Waals surface area contributed by atoms with Gasteiger partial charge in [0.25, 0.3) is 5.91 Å². The van der Waals surface area contributed by atoms with Crippen LogP contribution in [0, 0.1) is 5.82 Å². The van der Waals surface area contributed by atoms with Gasteiger partial charge in [0.1, 0.15) is 23.7 Å². The lowest BCUT2D eigenvalue weighted by atomic mass is 10.2. The Morgan fingerprint density at radius 1 is 1.38 bits per heavy atom. The number of aromatic nitrogens is 2. The molecule has 0 aliphatic carbocycles. The minimum Gasteiger partial charge on any atom is -0.491 e. The maximum Gasteiger partial charge on any atom is 0.271 e. The number of hydrogen-bond acceptors (Lipinski definition) is 4. The van der Waals surface area contributed by atoms with Gasteiger partial charge in [0.2, 0.25) is 0 Å². The molecule has 0 spiro atoms. The van der Waals surface area contributed by atoms with Crippen molar-refractivity contribution in [2.45, 2.75) is 6.54 Å². The zero-order valence-corrected chi connectivity index (χ0v) is 14.8. The van der Waals surface area contributed by atoms with Crippen molar-refractivity contribution in [1.29, 1.82) is 0 Å². The van der Waals surface area contributed by atoms with Gasteiger partial charge in [-0.3, -0.25) is 9.20 Å². The van der Waals surface area contributed by atoms with Crippen molar-refractivity contribution in [2.75, 3.05) is 25.1 Å². The van der Waals surface area contributed by atoms with Crippen LogP contribution in [0.5, 0.6) is 5.75 Å². The molecule has 6 nitrogen and oxygen atoms in total. The van der Waals surface area contributed by atoms with E-state index < -0.39 is 11.7 Å². The average Bonchev–Trinajstić information content (AvgIpc) is 2.95. The third-order valence-electron chi connectivity index (χ3n) is 4.33. The minimum atomic E-state index is -0.614. The fourth-order valence-electron chi connectivity index (χ4n) is 2.99. The molecule has 8 heteroatoms. The molecule has 0 saturated carbocycles. The molecule has 26 heavy (non-hydrogen) atoms. The Morgan fingerprint density at radius 2 is 2.23 bits per heavy atom. The number of anilines is 1. The van der Waals surface area contributed by atoms with Crippen molar-refractivity contribution in [2.24, 2.45) is 0 Å². The second-order valence-corrected chi connectivity index (χ2v) is 6.47. The number of rotatable bonds is 0. The number of carbonyl (C=O) groups is 1. The van der Waals surface area contributed by atoms with Crippen molar-refractivity contribution >= 4 is 28.8 Å². The van der Waals surface area contributed by atoms with E-state index in [1.54, 1.807) is 18.5 Å². The van der Waals surface area contributed by atoms with Crippen LogP contribution in [0.1, 0.15) is 16.1 Å². The topological polar surface area (TPSA) is 58.9 Å². The lowest BCUT2D eigenvalue weighted by Gasteiger charge is -2.21. The van der Waals surface area contributed by atoms with Gasteiger partial charge in [-0.05, 0) is 12.1 Å². The molecule has 1 aromatic carbocycles. The summed E-state index contributed by atoms with van der Waals surface area (Å²) in [6.07, 6.45) is 3.32. The molecule has 4 rings (SSSR count). The van der Waals surface area contributed by atoms with E-state index in [2.05, 4.69) is 10.3 Å². The number of hydrogen-bond donors (Lipinski definition) is 1. The molecule has 134 valence electrons. The van der Waals surface area contributed by atoms with Gasteiger partial charge in [-0.25, -0.2) is 9.37 Å². The third-order valence-corrected chi connectivity index (χ3v) is 4.69. The first-order chi connectivity index (χ1) is 12.5. The van der Waals surface area contributed by atoms with E-state index in [9.17, 15) is 9.18 Å².